The molecule has 1 aromatic carbocycles. The number of pyridine rings is 1. The van der Waals surface area contributed by atoms with Crippen molar-refractivity contribution in [3.63, 3.8) is 0 Å². The van der Waals surface area contributed by atoms with E-state index >= 15 is 0 Å². The number of aliphatic hydroxyl groups is 1. The van der Waals surface area contributed by atoms with E-state index in [1.165, 1.54) is 12.1 Å². The average Bonchev–Trinajstić information content (AvgIpc) is 2.42. The fraction of sp³-hybridized carbons (Fsp3) is 0.214. The molecule has 0 spiro atoms. The van der Waals surface area contributed by atoms with E-state index < -0.39 is 0 Å². The monoisotopic (exact) mass is 280 g/mol. The molecule has 0 saturated heterocycles. The first-order chi connectivity index (χ1) is 9.22. The Morgan fingerprint density at radius 1 is 1.21 bits per heavy atom. The van der Waals surface area contributed by atoms with Crippen LogP contribution in [0.15, 0.2) is 36.5 Å². The SMILES string of the molecule is OCCNCc1c(-c2ccc(F)cc2)ccnc1Cl. The van der Waals surface area contributed by atoms with Crippen LogP contribution in [-0.2, 0) is 6.54 Å². The molecule has 0 saturated carbocycles. The second-order valence-corrected chi connectivity index (χ2v) is 4.39. The molecule has 2 aromatic rings. The van der Waals surface area contributed by atoms with Crippen molar-refractivity contribution in [3.8, 4) is 11.1 Å². The van der Waals surface area contributed by atoms with Crippen LogP contribution in [0.1, 0.15) is 5.56 Å². The molecule has 3 nitrogen and oxygen atoms in total. The van der Waals surface area contributed by atoms with Crippen molar-refractivity contribution in [1.82, 2.24) is 10.3 Å². The summed E-state index contributed by atoms with van der Waals surface area (Å²) < 4.78 is 13.0. The summed E-state index contributed by atoms with van der Waals surface area (Å²) in [5, 5.41) is 12.3. The molecule has 0 aliphatic rings. The summed E-state index contributed by atoms with van der Waals surface area (Å²) in [5.41, 5.74) is 2.63. The van der Waals surface area contributed by atoms with Crippen LogP contribution < -0.4 is 5.32 Å². The van der Waals surface area contributed by atoms with E-state index in [0.29, 0.717) is 18.2 Å². The van der Waals surface area contributed by atoms with Gasteiger partial charge in [0.15, 0.2) is 0 Å². The summed E-state index contributed by atoms with van der Waals surface area (Å²) >= 11 is 6.10. The molecule has 0 unspecified atom stereocenters. The highest BCUT2D eigenvalue weighted by Gasteiger charge is 2.09. The summed E-state index contributed by atoms with van der Waals surface area (Å²) in [4.78, 5) is 4.05. The second kappa shape index (κ2) is 6.61. The van der Waals surface area contributed by atoms with E-state index in [1.54, 1.807) is 18.3 Å². The van der Waals surface area contributed by atoms with Gasteiger partial charge in [-0.1, -0.05) is 23.7 Å². The van der Waals surface area contributed by atoms with Crippen molar-refractivity contribution in [1.29, 1.82) is 0 Å². The maximum atomic E-state index is 13.0. The Labute approximate surface area is 116 Å². The zero-order chi connectivity index (χ0) is 13.7. The molecule has 5 heteroatoms. The van der Waals surface area contributed by atoms with E-state index in [4.69, 9.17) is 16.7 Å². The summed E-state index contributed by atoms with van der Waals surface area (Å²) in [6.07, 6.45) is 1.62. The van der Waals surface area contributed by atoms with Crippen LogP contribution in [0.5, 0.6) is 0 Å². The first-order valence-corrected chi connectivity index (χ1v) is 6.31. The average molecular weight is 281 g/mol. The lowest BCUT2D eigenvalue weighted by atomic mass is 10.0. The number of nitrogens with zero attached hydrogens (tertiary/aromatic N) is 1. The molecule has 0 bridgehead atoms. The van der Waals surface area contributed by atoms with Crippen LogP contribution in [0.25, 0.3) is 11.1 Å². The number of aliphatic hydroxyl groups excluding tert-OH is 1. The van der Waals surface area contributed by atoms with Gasteiger partial charge in [0.05, 0.1) is 6.61 Å². The molecular weight excluding hydrogens is 267 g/mol. The molecule has 0 radical (unpaired) electrons. The zero-order valence-corrected chi connectivity index (χ0v) is 11.0. The van der Waals surface area contributed by atoms with Crippen LogP contribution in [0.3, 0.4) is 0 Å². The molecule has 0 amide bonds. The quantitative estimate of drug-likeness (QED) is 0.654. The van der Waals surface area contributed by atoms with E-state index in [-0.39, 0.29) is 12.4 Å². The molecule has 1 aromatic heterocycles. The smallest absolute Gasteiger partial charge is 0.134 e. The van der Waals surface area contributed by atoms with Gasteiger partial charge in [0.1, 0.15) is 11.0 Å². The number of hydrogen-bond donors (Lipinski definition) is 2. The maximum absolute atomic E-state index is 13.0. The van der Waals surface area contributed by atoms with Crippen molar-refractivity contribution in [2.75, 3.05) is 13.2 Å². The third-order valence-electron chi connectivity index (χ3n) is 2.75. The van der Waals surface area contributed by atoms with Gasteiger partial charge in [0.25, 0.3) is 0 Å². The van der Waals surface area contributed by atoms with Crippen molar-refractivity contribution in [2.24, 2.45) is 0 Å². The third-order valence-corrected chi connectivity index (χ3v) is 3.07. The summed E-state index contributed by atoms with van der Waals surface area (Å²) in [6.45, 7) is 1.04. The van der Waals surface area contributed by atoms with Crippen molar-refractivity contribution < 1.29 is 9.50 Å². The van der Waals surface area contributed by atoms with Crippen LogP contribution >= 0.6 is 11.6 Å². The fourth-order valence-corrected chi connectivity index (χ4v) is 2.05. The van der Waals surface area contributed by atoms with Gasteiger partial charge in [0.2, 0.25) is 0 Å². The van der Waals surface area contributed by atoms with Gasteiger partial charge in [0, 0.05) is 24.8 Å². The predicted molar refractivity (Wildman–Crippen MR) is 73.4 cm³/mol. The van der Waals surface area contributed by atoms with Gasteiger partial charge in [-0.05, 0) is 29.3 Å². The highest BCUT2D eigenvalue weighted by atomic mass is 35.5. The lowest BCUT2D eigenvalue weighted by molar-refractivity contribution is 0.292. The first kappa shape index (κ1) is 13.9. The van der Waals surface area contributed by atoms with Gasteiger partial charge in [-0.25, -0.2) is 9.37 Å². The van der Waals surface area contributed by atoms with E-state index in [0.717, 1.165) is 16.7 Å². The van der Waals surface area contributed by atoms with Gasteiger partial charge in [-0.15, -0.1) is 0 Å². The van der Waals surface area contributed by atoms with Crippen LogP contribution in [0.2, 0.25) is 5.15 Å². The normalized spacial score (nSPS) is 10.7. The Hall–Kier alpha value is -1.49. The van der Waals surface area contributed by atoms with E-state index in [1.807, 2.05) is 6.07 Å². The molecule has 2 rings (SSSR count). The van der Waals surface area contributed by atoms with Crippen molar-refractivity contribution in [2.45, 2.75) is 6.54 Å². The highest BCUT2D eigenvalue weighted by molar-refractivity contribution is 6.30. The molecule has 0 aliphatic carbocycles. The number of hydrogen-bond acceptors (Lipinski definition) is 3. The minimum atomic E-state index is -0.274. The summed E-state index contributed by atoms with van der Waals surface area (Å²) in [6, 6.07) is 8.07. The molecule has 2 N–H and O–H groups in total. The van der Waals surface area contributed by atoms with E-state index in [9.17, 15) is 4.39 Å². The fourth-order valence-electron chi connectivity index (χ4n) is 1.83. The molecule has 1 heterocycles. The molecule has 19 heavy (non-hydrogen) atoms. The number of aromatic nitrogens is 1. The Kier molecular flexibility index (Phi) is 4.85. The molecular formula is C14H14ClFN2O. The van der Waals surface area contributed by atoms with Crippen LogP contribution in [0, 0.1) is 5.82 Å². The summed E-state index contributed by atoms with van der Waals surface area (Å²) in [5.74, 6) is -0.274. The van der Waals surface area contributed by atoms with Gasteiger partial charge in [-0.2, -0.15) is 0 Å². The largest absolute Gasteiger partial charge is 0.395 e. The third kappa shape index (κ3) is 3.50. The topological polar surface area (TPSA) is 45.1 Å². The number of rotatable bonds is 5. The Bertz CT molecular complexity index is 546. The Morgan fingerprint density at radius 3 is 2.63 bits per heavy atom. The minimum absolute atomic E-state index is 0.0593. The van der Waals surface area contributed by atoms with Gasteiger partial charge in [-0.3, -0.25) is 0 Å². The highest BCUT2D eigenvalue weighted by Crippen LogP contribution is 2.27. The summed E-state index contributed by atoms with van der Waals surface area (Å²) in [7, 11) is 0. The molecule has 0 atom stereocenters. The lowest BCUT2D eigenvalue weighted by Crippen LogP contribution is -2.18. The second-order valence-electron chi connectivity index (χ2n) is 4.04. The van der Waals surface area contributed by atoms with Crippen LogP contribution in [0.4, 0.5) is 4.39 Å². The van der Waals surface area contributed by atoms with Crippen LogP contribution in [-0.4, -0.2) is 23.2 Å². The predicted octanol–water partition coefficient (Wildman–Crippen LogP) is 2.62. The zero-order valence-electron chi connectivity index (χ0n) is 10.2. The Morgan fingerprint density at radius 2 is 1.95 bits per heavy atom. The Balaban J connectivity index is 2.33. The minimum Gasteiger partial charge on any atom is -0.395 e. The van der Waals surface area contributed by atoms with Crippen molar-refractivity contribution >= 4 is 11.6 Å². The van der Waals surface area contributed by atoms with Gasteiger partial charge >= 0.3 is 0 Å². The maximum Gasteiger partial charge on any atom is 0.134 e. The first-order valence-electron chi connectivity index (χ1n) is 5.93. The van der Waals surface area contributed by atoms with Crippen molar-refractivity contribution in [3.05, 3.63) is 53.1 Å². The molecule has 0 aliphatic heterocycles. The molecule has 100 valence electrons. The molecule has 0 fully saturated rings. The lowest BCUT2D eigenvalue weighted by Gasteiger charge is -2.11. The number of nitrogens with one attached hydrogen (secondary N) is 1. The standard InChI is InChI=1S/C14H14ClFN2O/c15-14-13(9-17-7-8-19)12(5-6-18-14)10-1-3-11(16)4-2-10/h1-6,17,19H,7-9H2. The van der Waals surface area contributed by atoms with Gasteiger partial charge < -0.3 is 10.4 Å². The van der Waals surface area contributed by atoms with E-state index in [2.05, 4.69) is 10.3 Å². The number of halogens is 2. The number of benzene rings is 1.